The molecule has 1 aliphatic carbocycles. The van der Waals surface area contributed by atoms with E-state index in [1.54, 1.807) is 0 Å². The zero-order chi connectivity index (χ0) is 19.4. The summed E-state index contributed by atoms with van der Waals surface area (Å²) in [5.41, 5.74) is 6.16. The number of amides is 2. The molecule has 1 atom stereocenters. The second-order valence-corrected chi connectivity index (χ2v) is 7.91. The molecule has 1 saturated heterocycles. The third-order valence-electron chi connectivity index (χ3n) is 5.97. The highest BCUT2D eigenvalue weighted by molar-refractivity contribution is 5.96. The van der Waals surface area contributed by atoms with E-state index in [9.17, 15) is 4.79 Å². The molecular formula is C23H20N4O2. The van der Waals surface area contributed by atoms with Crippen LogP contribution in [-0.2, 0) is 6.42 Å². The summed E-state index contributed by atoms with van der Waals surface area (Å²) in [4.78, 5) is 18.8. The third-order valence-corrected chi connectivity index (χ3v) is 5.97. The van der Waals surface area contributed by atoms with Crippen molar-refractivity contribution in [1.29, 1.82) is 0 Å². The predicted octanol–water partition coefficient (Wildman–Crippen LogP) is 4.75. The minimum absolute atomic E-state index is 0.0586. The minimum Gasteiger partial charge on any atom is -0.356 e. The molecule has 3 heterocycles. The number of rotatable bonds is 4. The summed E-state index contributed by atoms with van der Waals surface area (Å²) in [7, 11) is 0. The van der Waals surface area contributed by atoms with Crippen LogP contribution in [0.1, 0.15) is 41.6 Å². The number of benzene rings is 2. The highest BCUT2D eigenvalue weighted by Gasteiger charge is 2.33. The van der Waals surface area contributed by atoms with Gasteiger partial charge in [0.05, 0.1) is 17.4 Å². The fourth-order valence-corrected chi connectivity index (χ4v) is 4.17. The van der Waals surface area contributed by atoms with Crippen LogP contribution in [0, 0.1) is 0 Å². The summed E-state index contributed by atoms with van der Waals surface area (Å²) in [5, 5.41) is 7.17. The molecule has 2 aliphatic heterocycles. The molecule has 6 heteroatoms. The number of carbonyl (C=O) groups excluding carboxylic acids is 1. The quantitative estimate of drug-likeness (QED) is 0.706. The normalized spacial score (nSPS) is 20.2. The van der Waals surface area contributed by atoms with Crippen LogP contribution in [0.3, 0.4) is 0 Å². The molecule has 29 heavy (non-hydrogen) atoms. The van der Waals surface area contributed by atoms with E-state index in [1.165, 1.54) is 18.4 Å². The van der Waals surface area contributed by atoms with Crippen LogP contribution < -0.4 is 10.2 Å². The van der Waals surface area contributed by atoms with E-state index in [2.05, 4.69) is 33.7 Å². The Morgan fingerprint density at radius 3 is 2.76 bits per heavy atom. The molecule has 144 valence electrons. The molecule has 1 N–H and O–H groups in total. The molecule has 0 radical (unpaired) electrons. The van der Waals surface area contributed by atoms with E-state index in [1.807, 2.05) is 41.4 Å². The fourth-order valence-electron chi connectivity index (χ4n) is 4.17. The van der Waals surface area contributed by atoms with E-state index in [-0.39, 0.29) is 12.1 Å². The largest absolute Gasteiger partial charge is 0.356 e. The average Bonchev–Trinajstić information content (AvgIpc) is 3.15. The van der Waals surface area contributed by atoms with E-state index < -0.39 is 0 Å². The lowest BCUT2D eigenvalue weighted by molar-refractivity contribution is 0.251. The van der Waals surface area contributed by atoms with Gasteiger partial charge in [0, 0.05) is 42.4 Å². The third kappa shape index (κ3) is 2.83. The monoisotopic (exact) mass is 384 g/mol. The molecule has 0 bridgehead atoms. The van der Waals surface area contributed by atoms with Gasteiger partial charge in [-0.05, 0) is 36.1 Å². The first-order valence-corrected chi connectivity index (χ1v) is 10.1. The van der Waals surface area contributed by atoms with Crippen LogP contribution in [0.2, 0.25) is 0 Å². The van der Waals surface area contributed by atoms with Crippen molar-refractivity contribution in [1.82, 2.24) is 10.5 Å². The van der Waals surface area contributed by atoms with Crippen molar-refractivity contribution in [3.63, 3.8) is 0 Å². The first-order valence-electron chi connectivity index (χ1n) is 10.1. The maximum absolute atomic E-state index is 12.6. The van der Waals surface area contributed by atoms with Crippen LogP contribution in [-0.4, -0.2) is 23.9 Å². The smallest absolute Gasteiger partial charge is 0.322 e. The Morgan fingerprint density at radius 1 is 1.07 bits per heavy atom. The summed E-state index contributed by atoms with van der Waals surface area (Å²) in [6.45, 7) is 0.576. The van der Waals surface area contributed by atoms with Gasteiger partial charge < -0.3 is 9.84 Å². The molecule has 3 aliphatic rings. The maximum atomic E-state index is 12.6. The van der Waals surface area contributed by atoms with Gasteiger partial charge >= 0.3 is 6.03 Å². The number of nitrogens with one attached hydrogen (secondary N) is 1. The highest BCUT2D eigenvalue weighted by atomic mass is 16.5. The van der Waals surface area contributed by atoms with Crippen molar-refractivity contribution in [2.75, 3.05) is 11.4 Å². The SMILES string of the molecule is O=C1NCC(c2ccc(-c3cc(C4CC4)no3)cc2)N1c1ccc2c(c1)N=CC2. The molecule has 0 spiro atoms. The van der Waals surface area contributed by atoms with Crippen molar-refractivity contribution in [3.8, 4) is 11.3 Å². The van der Waals surface area contributed by atoms with E-state index in [4.69, 9.17) is 4.52 Å². The van der Waals surface area contributed by atoms with Crippen molar-refractivity contribution in [2.24, 2.45) is 4.99 Å². The highest BCUT2D eigenvalue weighted by Crippen LogP contribution is 2.41. The summed E-state index contributed by atoms with van der Waals surface area (Å²) < 4.78 is 5.53. The molecule has 2 fully saturated rings. The Balaban J connectivity index is 1.29. The lowest BCUT2D eigenvalue weighted by atomic mass is 10.0. The Hall–Kier alpha value is -3.41. The van der Waals surface area contributed by atoms with Crippen molar-refractivity contribution in [3.05, 3.63) is 65.4 Å². The van der Waals surface area contributed by atoms with E-state index in [0.717, 1.165) is 40.4 Å². The van der Waals surface area contributed by atoms with Gasteiger partial charge in [0.15, 0.2) is 5.76 Å². The Bertz CT molecular complexity index is 1130. The van der Waals surface area contributed by atoms with Crippen LogP contribution in [0.4, 0.5) is 16.2 Å². The second kappa shape index (κ2) is 6.30. The van der Waals surface area contributed by atoms with Crippen LogP contribution in [0.5, 0.6) is 0 Å². The lowest BCUT2D eigenvalue weighted by Crippen LogP contribution is -2.29. The zero-order valence-corrected chi connectivity index (χ0v) is 15.8. The van der Waals surface area contributed by atoms with Crippen LogP contribution >= 0.6 is 0 Å². The minimum atomic E-state index is -0.0784. The van der Waals surface area contributed by atoms with Gasteiger partial charge in [-0.1, -0.05) is 35.5 Å². The van der Waals surface area contributed by atoms with Gasteiger partial charge in [-0.3, -0.25) is 9.89 Å². The first-order chi connectivity index (χ1) is 14.3. The van der Waals surface area contributed by atoms with Crippen molar-refractivity contribution < 1.29 is 9.32 Å². The van der Waals surface area contributed by atoms with Gasteiger partial charge in [0.2, 0.25) is 0 Å². The number of nitrogens with zero attached hydrogens (tertiary/aromatic N) is 3. The van der Waals surface area contributed by atoms with Gasteiger partial charge in [-0.15, -0.1) is 0 Å². The molecule has 6 nitrogen and oxygen atoms in total. The van der Waals surface area contributed by atoms with Gasteiger partial charge in [-0.2, -0.15) is 0 Å². The number of urea groups is 1. The first kappa shape index (κ1) is 16.5. The van der Waals surface area contributed by atoms with Gasteiger partial charge in [-0.25, -0.2) is 4.79 Å². The van der Waals surface area contributed by atoms with E-state index in [0.29, 0.717) is 12.5 Å². The number of hydrogen-bond acceptors (Lipinski definition) is 4. The van der Waals surface area contributed by atoms with Gasteiger partial charge in [0.25, 0.3) is 0 Å². The van der Waals surface area contributed by atoms with E-state index >= 15 is 0 Å². The summed E-state index contributed by atoms with van der Waals surface area (Å²) in [5.74, 6) is 1.37. The molecule has 1 aromatic heterocycles. The number of fused-ring (bicyclic) bond motifs is 1. The molecule has 6 rings (SSSR count). The van der Waals surface area contributed by atoms with Crippen LogP contribution in [0.25, 0.3) is 11.3 Å². The number of carbonyl (C=O) groups is 1. The Morgan fingerprint density at radius 2 is 1.93 bits per heavy atom. The number of aliphatic imine (C=N–C) groups is 1. The topological polar surface area (TPSA) is 70.7 Å². The summed E-state index contributed by atoms with van der Waals surface area (Å²) >= 11 is 0. The second-order valence-electron chi connectivity index (χ2n) is 7.91. The van der Waals surface area contributed by atoms with Crippen molar-refractivity contribution >= 4 is 23.6 Å². The lowest BCUT2D eigenvalue weighted by Gasteiger charge is -2.24. The molecular weight excluding hydrogens is 364 g/mol. The number of anilines is 1. The molecule has 1 saturated carbocycles. The summed E-state index contributed by atoms with van der Waals surface area (Å²) in [6.07, 6.45) is 5.18. The predicted molar refractivity (Wildman–Crippen MR) is 111 cm³/mol. The average molecular weight is 384 g/mol. The number of aromatic nitrogens is 1. The molecule has 2 aromatic carbocycles. The van der Waals surface area contributed by atoms with Gasteiger partial charge in [0.1, 0.15) is 0 Å². The Labute approximate surface area is 168 Å². The number of hydrogen-bond donors (Lipinski definition) is 1. The molecule has 1 unspecified atom stereocenters. The van der Waals surface area contributed by atoms with Crippen LogP contribution in [0.15, 0.2) is 58.0 Å². The zero-order valence-electron chi connectivity index (χ0n) is 15.8. The van der Waals surface area contributed by atoms with Crippen molar-refractivity contribution in [2.45, 2.75) is 31.2 Å². The Kier molecular flexibility index (Phi) is 3.59. The standard InChI is InChI=1S/C23H20N4O2/c28-23-25-13-21(27(23)18-8-7-15-9-10-24-19(15)11-18)16-3-5-17(6-4-16)22-12-20(26-29-22)14-1-2-14/h3-8,10-12,14,21H,1-2,9,13H2,(H,25,28). The fraction of sp³-hybridized carbons (Fsp3) is 0.261. The molecule has 3 aromatic rings. The maximum Gasteiger partial charge on any atom is 0.322 e. The summed E-state index contributed by atoms with van der Waals surface area (Å²) in [6, 6.07) is 16.2. The molecule has 2 amide bonds.